The summed E-state index contributed by atoms with van der Waals surface area (Å²) in [6, 6.07) is -0.664. The van der Waals surface area contributed by atoms with E-state index < -0.39 is 11.3 Å². The number of nitrogens with one attached hydrogen (secondary N) is 1. The highest BCUT2D eigenvalue weighted by atomic mass is 35.5. The van der Waals surface area contributed by atoms with E-state index in [1.165, 1.54) is 6.92 Å². The predicted molar refractivity (Wildman–Crippen MR) is 42.3 cm³/mol. The van der Waals surface area contributed by atoms with Gasteiger partial charge in [0.15, 0.2) is 0 Å². The first-order valence-electron chi connectivity index (χ1n) is 2.65. The van der Waals surface area contributed by atoms with E-state index in [4.69, 9.17) is 11.6 Å². The van der Waals surface area contributed by atoms with Crippen molar-refractivity contribution in [3.8, 4) is 0 Å². The molecule has 0 radical (unpaired) electrons. The molecule has 0 saturated carbocycles. The molecule has 1 atom stereocenters. The number of carbonyl (C=O) groups excluding carboxylic acids is 2. The average molecular weight is 182 g/mol. The van der Waals surface area contributed by atoms with E-state index in [-0.39, 0.29) is 11.7 Å². The Bertz CT molecular complexity index is 151. The van der Waals surface area contributed by atoms with Crippen LogP contribution in [0.2, 0.25) is 0 Å². The second-order valence-electron chi connectivity index (χ2n) is 1.74. The van der Waals surface area contributed by atoms with Gasteiger partial charge in [0.1, 0.15) is 6.04 Å². The summed E-state index contributed by atoms with van der Waals surface area (Å²) in [5.74, 6) is -0.0601. The highest BCUT2D eigenvalue weighted by Crippen LogP contribution is 1.93. The Balaban J connectivity index is 3.83. The first-order valence-corrected chi connectivity index (χ1v) is 3.66. The number of halogens is 1. The third-order valence-electron chi connectivity index (χ3n) is 0.834. The Hall–Kier alpha value is -0.220. The van der Waals surface area contributed by atoms with Crippen molar-refractivity contribution in [2.45, 2.75) is 13.0 Å². The van der Waals surface area contributed by atoms with Gasteiger partial charge in [-0.1, -0.05) is 0 Å². The van der Waals surface area contributed by atoms with Crippen LogP contribution >= 0.6 is 24.2 Å². The summed E-state index contributed by atoms with van der Waals surface area (Å²) in [5, 5.41) is 1.74. The lowest BCUT2D eigenvalue weighted by Crippen LogP contribution is -2.38. The maximum absolute atomic E-state index is 10.4. The second kappa shape index (κ2) is 4.57. The number of thiol groups is 1. The lowest BCUT2D eigenvalue weighted by atomic mass is 10.4. The van der Waals surface area contributed by atoms with Crippen LogP contribution in [0.4, 0.5) is 0 Å². The van der Waals surface area contributed by atoms with Gasteiger partial charge < -0.3 is 5.32 Å². The van der Waals surface area contributed by atoms with Gasteiger partial charge in [0, 0.05) is 12.7 Å². The molecule has 0 fully saturated rings. The lowest BCUT2D eigenvalue weighted by Gasteiger charge is -2.08. The minimum Gasteiger partial charge on any atom is -0.344 e. The molecule has 0 heterocycles. The smallest absolute Gasteiger partial charge is 0.244 e. The molecule has 0 aliphatic heterocycles. The predicted octanol–water partition coefficient (Wildman–Crippen LogP) is 0.186. The first kappa shape index (κ1) is 9.78. The van der Waals surface area contributed by atoms with Gasteiger partial charge in [0.05, 0.1) is 0 Å². The Morgan fingerprint density at radius 3 is 2.30 bits per heavy atom. The molecular formula is C5H8ClNO2S. The molecule has 0 saturated heterocycles. The standard InChI is InChI=1S/C5H8ClNO2S/c1-3(8)7-4(2-10)5(6)9/h4,10H,2H2,1H3,(H,7,8)/t4-/m1/s1. The van der Waals surface area contributed by atoms with Gasteiger partial charge >= 0.3 is 0 Å². The van der Waals surface area contributed by atoms with Crippen LogP contribution in [0.15, 0.2) is 0 Å². The fraction of sp³-hybridized carbons (Fsp3) is 0.600. The maximum atomic E-state index is 10.4. The van der Waals surface area contributed by atoms with Crippen LogP contribution in [-0.4, -0.2) is 22.9 Å². The number of rotatable bonds is 3. The molecule has 0 aliphatic rings. The minimum atomic E-state index is -0.664. The van der Waals surface area contributed by atoms with E-state index in [0.29, 0.717) is 0 Å². The minimum absolute atomic E-state index is 0.224. The van der Waals surface area contributed by atoms with Crippen molar-refractivity contribution in [2.75, 3.05) is 5.75 Å². The normalized spacial score (nSPS) is 12.3. The molecule has 5 heteroatoms. The van der Waals surface area contributed by atoms with Crippen LogP contribution in [0, 0.1) is 0 Å². The van der Waals surface area contributed by atoms with E-state index in [0.717, 1.165) is 0 Å². The van der Waals surface area contributed by atoms with Crippen molar-refractivity contribution in [3.05, 3.63) is 0 Å². The van der Waals surface area contributed by atoms with Crippen molar-refractivity contribution < 1.29 is 9.59 Å². The Kier molecular flexibility index (Phi) is 4.47. The van der Waals surface area contributed by atoms with E-state index in [9.17, 15) is 9.59 Å². The van der Waals surface area contributed by atoms with Crippen molar-refractivity contribution in [1.82, 2.24) is 5.32 Å². The van der Waals surface area contributed by atoms with Gasteiger partial charge in [-0.25, -0.2) is 0 Å². The van der Waals surface area contributed by atoms with Crippen LogP contribution in [0.1, 0.15) is 6.92 Å². The van der Waals surface area contributed by atoms with Crippen LogP contribution in [0.3, 0.4) is 0 Å². The molecule has 3 nitrogen and oxygen atoms in total. The summed E-state index contributed by atoms with van der Waals surface area (Å²) in [4.78, 5) is 20.8. The highest BCUT2D eigenvalue weighted by Gasteiger charge is 2.13. The summed E-state index contributed by atoms with van der Waals surface area (Å²) >= 11 is 8.90. The zero-order valence-corrected chi connectivity index (χ0v) is 7.08. The second-order valence-corrected chi connectivity index (χ2v) is 2.48. The molecule has 0 spiro atoms. The fourth-order valence-electron chi connectivity index (χ4n) is 0.420. The molecule has 1 N–H and O–H groups in total. The monoisotopic (exact) mass is 181 g/mol. The molecule has 0 aromatic heterocycles. The summed E-state index contributed by atoms with van der Waals surface area (Å²) < 4.78 is 0. The summed E-state index contributed by atoms with van der Waals surface area (Å²) in [7, 11) is 0. The molecule has 1 amide bonds. The van der Waals surface area contributed by atoms with E-state index >= 15 is 0 Å². The van der Waals surface area contributed by atoms with Crippen LogP contribution in [0.25, 0.3) is 0 Å². The van der Waals surface area contributed by atoms with Crippen molar-refractivity contribution in [3.63, 3.8) is 0 Å². The Morgan fingerprint density at radius 1 is 1.70 bits per heavy atom. The molecule has 0 bridgehead atoms. The summed E-state index contributed by atoms with van der Waals surface area (Å²) in [6.45, 7) is 1.32. The topological polar surface area (TPSA) is 46.2 Å². The largest absolute Gasteiger partial charge is 0.344 e. The summed E-state index contributed by atoms with van der Waals surface area (Å²) in [6.07, 6.45) is 0. The third-order valence-corrected chi connectivity index (χ3v) is 1.46. The molecule has 0 aromatic rings. The van der Waals surface area contributed by atoms with E-state index in [1.54, 1.807) is 0 Å². The number of hydrogen-bond donors (Lipinski definition) is 2. The quantitative estimate of drug-likeness (QED) is 0.482. The van der Waals surface area contributed by atoms with Crippen LogP contribution in [0.5, 0.6) is 0 Å². The third kappa shape index (κ3) is 3.74. The molecule has 0 aliphatic carbocycles. The van der Waals surface area contributed by atoms with Gasteiger partial charge in [-0.2, -0.15) is 12.6 Å². The Morgan fingerprint density at radius 2 is 2.20 bits per heavy atom. The van der Waals surface area contributed by atoms with Crippen molar-refractivity contribution >= 4 is 35.4 Å². The summed E-state index contributed by atoms with van der Waals surface area (Å²) in [5.41, 5.74) is 0. The molecule has 10 heavy (non-hydrogen) atoms. The molecule has 58 valence electrons. The maximum Gasteiger partial charge on any atom is 0.244 e. The van der Waals surface area contributed by atoms with Crippen molar-refractivity contribution in [2.24, 2.45) is 0 Å². The Labute approximate surface area is 69.5 Å². The number of amides is 1. The van der Waals surface area contributed by atoms with E-state index in [2.05, 4.69) is 17.9 Å². The van der Waals surface area contributed by atoms with Gasteiger partial charge in [-0.3, -0.25) is 9.59 Å². The first-order chi connectivity index (χ1) is 4.57. The van der Waals surface area contributed by atoms with Gasteiger partial charge in [-0.05, 0) is 11.6 Å². The SMILES string of the molecule is CC(=O)N[C@H](CS)C(=O)Cl. The number of hydrogen-bond acceptors (Lipinski definition) is 3. The zero-order valence-electron chi connectivity index (χ0n) is 5.43. The number of carbonyl (C=O) groups is 2. The molecule has 0 aromatic carbocycles. The average Bonchev–Trinajstić information content (AvgIpc) is 1.81. The van der Waals surface area contributed by atoms with Gasteiger partial charge in [0.25, 0.3) is 0 Å². The van der Waals surface area contributed by atoms with Gasteiger partial charge in [0.2, 0.25) is 11.1 Å². The van der Waals surface area contributed by atoms with Gasteiger partial charge in [-0.15, -0.1) is 0 Å². The molecule has 0 unspecified atom stereocenters. The molecule has 0 rings (SSSR count). The van der Waals surface area contributed by atoms with Crippen molar-refractivity contribution in [1.29, 1.82) is 0 Å². The molecular weight excluding hydrogens is 174 g/mol. The lowest BCUT2D eigenvalue weighted by molar-refractivity contribution is -0.122. The van der Waals surface area contributed by atoms with E-state index in [1.807, 2.05) is 0 Å². The highest BCUT2D eigenvalue weighted by molar-refractivity contribution is 7.80. The zero-order chi connectivity index (χ0) is 8.15. The fourth-order valence-corrected chi connectivity index (χ4v) is 0.916. The van der Waals surface area contributed by atoms with Crippen LogP contribution in [-0.2, 0) is 9.59 Å². The van der Waals surface area contributed by atoms with Crippen LogP contribution < -0.4 is 5.32 Å².